The normalized spacial score (nSPS) is 10.1. The van der Waals surface area contributed by atoms with E-state index in [1.165, 1.54) is 6.26 Å². The summed E-state index contributed by atoms with van der Waals surface area (Å²) >= 11 is 0. The fourth-order valence-electron chi connectivity index (χ4n) is 0.115. The van der Waals surface area contributed by atoms with Crippen molar-refractivity contribution in [2.45, 2.75) is 6.92 Å². The Hall–Kier alpha value is -0.753. The van der Waals surface area contributed by atoms with Gasteiger partial charge < -0.3 is 4.43 Å². The Kier molecular flexibility index (Phi) is 3.07. The van der Waals surface area contributed by atoms with Crippen molar-refractivity contribution in [2.24, 2.45) is 0 Å². The van der Waals surface area contributed by atoms with Crippen LogP contribution in [0.2, 0.25) is 0 Å². The molecule has 0 fully saturated rings. The second kappa shape index (κ2) is 3.44. The molecule has 0 aliphatic heterocycles. The lowest BCUT2D eigenvalue weighted by Crippen LogP contribution is -1.71. The largest absolute Gasteiger partial charge is 0.545 e. The molecule has 0 atom stereocenters. The molecule has 0 saturated heterocycles. The SMILES string of the molecule is C/C(C#N)=C\O[Si]. The fraction of sp³-hybridized carbons (Fsp3) is 0.250. The van der Waals surface area contributed by atoms with Gasteiger partial charge in [-0.25, -0.2) is 0 Å². The van der Waals surface area contributed by atoms with Gasteiger partial charge in [0.1, 0.15) is 0 Å². The summed E-state index contributed by atoms with van der Waals surface area (Å²) in [6.07, 6.45) is 1.32. The van der Waals surface area contributed by atoms with E-state index in [-0.39, 0.29) is 0 Å². The minimum Gasteiger partial charge on any atom is -0.545 e. The van der Waals surface area contributed by atoms with Gasteiger partial charge in [0.2, 0.25) is 0 Å². The van der Waals surface area contributed by atoms with E-state index in [0.29, 0.717) is 5.57 Å². The van der Waals surface area contributed by atoms with Crippen molar-refractivity contribution in [1.82, 2.24) is 0 Å². The van der Waals surface area contributed by atoms with Crippen molar-refractivity contribution < 1.29 is 4.43 Å². The molecular formula is C4H4NOSi. The summed E-state index contributed by atoms with van der Waals surface area (Å²) in [5.74, 6) is 0. The standard InChI is InChI=1S/C4H4NOSi/c1-4(2-5)3-6-7/h3H,1H3/b4-3+. The summed E-state index contributed by atoms with van der Waals surface area (Å²) in [6.45, 7) is 1.65. The Morgan fingerprint density at radius 2 is 2.57 bits per heavy atom. The zero-order chi connectivity index (χ0) is 5.70. The maximum absolute atomic E-state index is 8.05. The van der Waals surface area contributed by atoms with Crippen LogP contribution in [0.4, 0.5) is 0 Å². The van der Waals surface area contributed by atoms with Crippen molar-refractivity contribution in [1.29, 1.82) is 5.26 Å². The predicted molar refractivity (Wildman–Crippen MR) is 26.2 cm³/mol. The lowest BCUT2D eigenvalue weighted by Gasteiger charge is -1.82. The number of rotatable bonds is 1. The summed E-state index contributed by atoms with van der Waals surface area (Å²) in [5, 5.41) is 8.05. The van der Waals surface area contributed by atoms with Crippen LogP contribution in [0.3, 0.4) is 0 Å². The maximum Gasteiger partial charge on any atom is 0.340 e. The third-order valence-corrected chi connectivity index (χ3v) is 0.530. The van der Waals surface area contributed by atoms with Gasteiger partial charge in [-0.3, -0.25) is 0 Å². The molecule has 0 aliphatic rings. The molecule has 0 amide bonds. The van der Waals surface area contributed by atoms with E-state index in [0.717, 1.165) is 0 Å². The van der Waals surface area contributed by atoms with Crippen LogP contribution >= 0.6 is 0 Å². The number of allylic oxidation sites excluding steroid dienone is 1. The van der Waals surface area contributed by atoms with Gasteiger partial charge in [0.15, 0.2) is 0 Å². The Bertz CT molecular complexity index is 113. The zero-order valence-corrected chi connectivity index (χ0v) is 4.93. The highest BCUT2D eigenvalue weighted by molar-refractivity contribution is 5.98. The molecule has 0 unspecified atom stereocenters. The van der Waals surface area contributed by atoms with E-state index >= 15 is 0 Å². The highest BCUT2D eigenvalue weighted by Gasteiger charge is 1.76. The lowest BCUT2D eigenvalue weighted by atomic mass is 10.4. The maximum atomic E-state index is 8.05. The van der Waals surface area contributed by atoms with Crippen LogP contribution in [0.15, 0.2) is 11.8 Å². The molecule has 0 bridgehead atoms. The van der Waals surface area contributed by atoms with Crippen LogP contribution in [0, 0.1) is 11.3 Å². The summed E-state index contributed by atoms with van der Waals surface area (Å²) in [5.41, 5.74) is 0.537. The van der Waals surface area contributed by atoms with Gasteiger partial charge in [0.25, 0.3) is 0 Å². The summed E-state index contributed by atoms with van der Waals surface area (Å²) in [6, 6.07) is 1.87. The minimum atomic E-state index is 0.537. The first-order chi connectivity index (χ1) is 3.31. The van der Waals surface area contributed by atoms with Gasteiger partial charge in [-0.1, -0.05) is 0 Å². The molecule has 2 nitrogen and oxygen atoms in total. The van der Waals surface area contributed by atoms with Crippen molar-refractivity contribution in [2.75, 3.05) is 0 Å². The van der Waals surface area contributed by atoms with Crippen LogP contribution in [0.1, 0.15) is 6.92 Å². The molecule has 0 saturated carbocycles. The average molecular weight is 110 g/mol. The topological polar surface area (TPSA) is 33.0 Å². The van der Waals surface area contributed by atoms with Gasteiger partial charge in [-0.05, 0) is 6.92 Å². The second-order valence-electron chi connectivity index (χ2n) is 1.03. The van der Waals surface area contributed by atoms with E-state index in [4.69, 9.17) is 5.26 Å². The van der Waals surface area contributed by atoms with E-state index in [1.807, 2.05) is 6.07 Å². The van der Waals surface area contributed by atoms with Crippen LogP contribution in [0.5, 0.6) is 0 Å². The quantitative estimate of drug-likeness (QED) is 0.280. The van der Waals surface area contributed by atoms with Gasteiger partial charge in [-0.15, -0.1) is 0 Å². The molecule has 0 aromatic rings. The summed E-state index contributed by atoms with van der Waals surface area (Å²) in [4.78, 5) is 0. The molecular weight excluding hydrogens is 106 g/mol. The zero-order valence-electron chi connectivity index (χ0n) is 3.93. The molecule has 0 aromatic heterocycles. The van der Waals surface area contributed by atoms with Crippen LogP contribution < -0.4 is 0 Å². The number of hydrogen-bond acceptors (Lipinski definition) is 2. The molecule has 0 heterocycles. The molecule has 3 heteroatoms. The van der Waals surface area contributed by atoms with Gasteiger partial charge in [0.05, 0.1) is 17.9 Å². The Morgan fingerprint density at radius 1 is 2.00 bits per heavy atom. The first-order valence-corrected chi connectivity index (χ1v) is 2.11. The Labute approximate surface area is 45.9 Å². The molecule has 7 heavy (non-hydrogen) atoms. The summed E-state index contributed by atoms with van der Waals surface area (Å²) in [7, 11) is 2.71. The Balaban J connectivity index is 3.57. The third-order valence-electron chi connectivity index (χ3n) is 0.412. The first kappa shape index (κ1) is 6.25. The average Bonchev–Trinajstić information content (AvgIpc) is 1.68. The smallest absolute Gasteiger partial charge is 0.340 e. The Morgan fingerprint density at radius 3 is 2.71 bits per heavy atom. The van der Waals surface area contributed by atoms with Gasteiger partial charge in [0, 0.05) is 0 Å². The fourth-order valence-corrected chi connectivity index (χ4v) is 0.292. The molecule has 0 aromatic carbocycles. The molecule has 0 rings (SSSR count). The molecule has 35 valence electrons. The lowest BCUT2D eigenvalue weighted by molar-refractivity contribution is 0.530. The molecule has 0 N–H and O–H groups in total. The highest BCUT2D eigenvalue weighted by Crippen LogP contribution is 1.85. The predicted octanol–water partition coefficient (Wildman–Crippen LogP) is 0.514. The summed E-state index contributed by atoms with van der Waals surface area (Å²) < 4.78 is 4.32. The monoisotopic (exact) mass is 110 g/mol. The van der Waals surface area contributed by atoms with Crippen LogP contribution in [-0.2, 0) is 4.43 Å². The van der Waals surface area contributed by atoms with E-state index in [1.54, 1.807) is 6.92 Å². The van der Waals surface area contributed by atoms with Gasteiger partial charge in [-0.2, -0.15) is 5.26 Å². The minimum absolute atomic E-state index is 0.537. The van der Waals surface area contributed by atoms with Crippen molar-refractivity contribution in [3.63, 3.8) is 0 Å². The number of hydrogen-bond donors (Lipinski definition) is 0. The molecule has 0 spiro atoms. The first-order valence-electron chi connectivity index (χ1n) is 1.70. The van der Waals surface area contributed by atoms with Crippen LogP contribution in [0.25, 0.3) is 0 Å². The molecule has 3 radical (unpaired) electrons. The van der Waals surface area contributed by atoms with Crippen molar-refractivity contribution in [3.05, 3.63) is 11.8 Å². The van der Waals surface area contributed by atoms with E-state index < -0.39 is 0 Å². The number of nitriles is 1. The highest BCUT2D eigenvalue weighted by atomic mass is 28.2. The van der Waals surface area contributed by atoms with E-state index in [9.17, 15) is 0 Å². The van der Waals surface area contributed by atoms with Crippen molar-refractivity contribution >= 4 is 10.5 Å². The van der Waals surface area contributed by atoms with E-state index in [2.05, 4.69) is 14.9 Å². The second-order valence-corrected chi connectivity index (χ2v) is 1.27. The number of nitrogens with zero attached hydrogens (tertiary/aromatic N) is 1. The third kappa shape index (κ3) is 3.07. The molecule has 0 aliphatic carbocycles. The van der Waals surface area contributed by atoms with Crippen LogP contribution in [-0.4, -0.2) is 10.5 Å². The van der Waals surface area contributed by atoms with Gasteiger partial charge >= 0.3 is 10.5 Å². The van der Waals surface area contributed by atoms with Crippen molar-refractivity contribution in [3.8, 4) is 6.07 Å².